The van der Waals surface area contributed by atoms with Crippen LogP contribution in [0.1, 0.15) is 18.1 Å². The maximum Gasteiger partial charge on any atom is 0.431 e. The summed E-state index contributed by atoms with van der Waals surface area (Å²) in [5.74, 6) is 0.657. The lowest BCUT2D eigenvalue weighted by Crippen LogP contribution is -2.39. The SMILES string of the molecule is CCOc1ccc(C(F)(c2ccc(OCC=C(Br)Br)c(Br)c2)C(F)(F)F)cc1. The summed E-state index contributed by atoms with van der Waals surface area (Å²) in [7, 11) is 0. The van der Waals surface area contributed by atoms with Gasteiger partial charge in [-0.2, -0.15) is 13.2 Å². The van der Waals surface area contributed by atoms with Gasteiger partial charge >= 0.3 is 6.18 Å². The molecule has 0 fully saturated rings. The van der Waals surface area contributed by atoms with Crippen molar-refractivity contribution in [2.24, 2.45) is 0 Å². The fraction of sp³-hybridized carbons (Fsp3) is 0.263. The molecular formula is C19H15Br3F4O2. The largest absolute Gasteiger partial charge is 0.494 e. The van der Waals surface area contributed by atoms with E-state index in [1.165, 1.54) is 18.2 Å². The van der Waals surface area contributed by atoms with Gasteiger partial charge in [-0.05, 0) is 85.1 Å². The van der Waals surface area contributed by atoms with Crippen molar-refractivity contribution in [3.8, 4) is 11.5 Å². The van der Waals surface area contributed by atoms with Crippen LogP contribution in [0.25, 0.3) is 0 Å². The Balaban J connectivity index is 2.43. The third kappa shape index (κ3) is 5.30. The molecule has 0 saturated heterocycles. The van der Waals surface area contributed by atoms with Crippen LogP contribution in [0.3, 0.4) is 0 Å². The van der Waals surface area contributed by atoms with Crippen LogP contribution in [-0.4, -0.2) is 19.4 Å². The third-order valence-corrected chi connectivity index (χ3v) is 5.03. The summed E-state index contributed by atoms with van der Waals surface area (Å²) in [4.78, 5) is 0. The number of benzene rings is 2. The van der Waals surface area contributed by atoms with Crippen molar-refractivity contribution in [2.45, 2.75) is 18.8 Å². The molecule has 0 N–H and O–H groups in total. The number of hydrogen-bond donors (Lipinski definition) is 0. The van der Waals surface area contributed by atoms with Gasteiger partial charge in [0, 0.05) is 11.1 Å². The molecule has 0 aliphatic rings. The Morgan fingerprint density at radius 2 is 1.57 bits per heavy atom. The summed E-state index contributed by atoms with van der Waals surface area (Å²) >= 11 is 9.49. The van der Waals surface area contributed by atoms with Crippen LogP contribution < -0.4 is 9.47 Å². The first-order valence-electron chi connectivity index (χ1n) is 8.02. The monoisotopic (exact) mass is 588 g/mol. The fourth-order valence-electron chi connectivity index (χ4n) is 2.47. The molecule has 0 aliphatic carbocycles. The summed E-state index contributed by atoms with van der Waals surface area (Å²) in [6.07, 6.45) is -3.50. The van der Waals surface area contributed by atoms with Gasteiger partial charge in [-0.15, -0.1) is 0 Å². The van der Waals surface area contributed by atoms with Crippen molar-refractivity contribution in [3.63, 3.8) is 0 Å². The minimum Gasteiger partial charge on any atom is -0.494 e. The van der Waals surface area contributed by atoms with E-state index in [0.29, 0.717) is 15.7 Å². The number of halogens is 7. The van der Waals surface area contributed by atoms with E-state index in [4.69, 9.17) is 9.47 Å². The van der Waals surface area contributed by atoms with Crippen molar-refractivity contribution in [2.75, 3.05) is 13.2 Å². The average molecular weight is 591 g/mol. The molecule has 2 nitrogen and oxygen atoms in total. The lowest BCUT2D eigenvalue weighted by atomic mass is 9.87. The Hall–Kier alpha value is -1.06. The Labute approximate surface area is 185 Å². The van der Waals surface area contributed by atoms with Crippen molar-refractivity contribution < 1.29 is 27.0 Å². The van der Waals surface area contributed by atoms with Gasteiger partial charge < -0.3 is 9.47 Å². The molecule has 0 radical (unpaired) electrons. The summed E-state index contributed by atoms with van der Waals surface area (Å²) in [5, 5.41) is 0. The first kappa shape index (κ1) is 23.2. The van der Waals surface area contributed by atoms with E-state index in [9.17, 15) is 13.2 Å². The second-order valence-electron chi connectivity index (χ2n) is 5.56. The van der Waals surface area contributed by atoms with E-state index in [1.54, 1.807) is 13.0 Å². The molecule has 0 aliphatic heterocycles. The number of alkyl halides is 4. The highest BCUT2D eigenvalue weighted by Gasteiger charge is 2.58. The summed E-state index contributed by atoms with van der Waals surface area (Å²) in [6, 6.07) is 8.23. The van der Waals surface area contributed by atoms with E-state index < -0.39 is 23.0 Å². The standard InChI is InChI=1S/C19H15Br3F4O2/c1-2-27-14-6-3-12(4-7-14)18(23,19(24,25)26)13-5-8-16(15(20)11-13)28-10-9-17(21)22/h3-9,11H,2,10H2,1H3. The molecule has 1 atom stereocenters. The highest BCUT2D eigenvalue weighted by Crippen LogP contribution is 2.49. The summed E-state index contributed by atoms with van der Waals surface area (Å²) in [6.45, 7) is 2.27. The minimum atomic E-state index is -5.16. The second kappa shape index (κ2) is 9.63. The second-order valence-corrected chi connectivity index (χ2v) is 9.19. The molecule has 152 valence electrons. The average Bonchev–Trinajstić information content (AvgIpc) is 2.62. The third-order valence-electron chi connectivity index (χ3n) is 3.76. The zero-order valence-corrected chi connectivity index (χ0v) is 19.3. The smallest absolute Gasteiger partial charge is 0.431 e. The van der Waals surface area contributed by atoms with Crippen molar-refractivity contribution in [3.05, 3.63) is 67.5 Å². The zero-order valence-electron chi connectivity index (χ0n) is 14.5. The predicted octanol–water partition coefficient (Wildman–Crippen LogP) is 7.63. The fourth-order valence-corrected chi connectivity index (χ4v) is 3.23. The molecule has 0 saturated carbocycles. The van der Waals surface area contributed by atoms with Gasteiger partial charge in [-0.1, -0.05) is 18.2 Å². The van der Waals surface area contributed by atoms with Gasteiger partial charge in [-0.3, -0.25) is 0 Å². The van der Waals surface area contributed by atoms with Crippen molar-refractivity contribution in [1.29, 1.82) is 0 Å². The van der Waals surface area contributed by atoms with Gasteiger partial charge in [0.2, 0.25) is 0 Å². The van der Waals surface area contributed by atoms with Crippen LogP contribution in [0, 0.1) is 0 Å². The summed E-state index contributed by atoms with van der Waals surface area (Å²) < 4.78 is 68.4. The van der Waals surface area contributed by atoms with Crippen LogP contribution in [0.15, 0.2) is 56.4 Å². The number of hydrogen-bond acceptors (Lipinski definition) is 2. The van der Waals surface area contributed by atoms with Crippen LogP contribution >= 0.6 is 47.8 Å². The highest BCUT2D eigenvalue weighted by molar-refractivity contribution is 9.28. The first-order chi connectivity index (χ1) is 13.1. The quantitative estimate of drug-likeness (QED) is 0.309. The Kier molecular flexibility index (Phi) is 7.98. The zero-order chi connectivity index (χ0) is 20.9. The van der Waals surface area contributed by atoms with Gasteiger partial charge in [0.25, 0.3) is 5.67 Å². The van der Waals surface area contributed by atoms with Gasteiger partial charge in [0.15, 0.2) is 0 Å². The van der Waals surface area contributed by atoms with Gasteiger partial charge in [0.05, 0.1) is 14.5 Å². The van der Waals surface area contributed by atoms with E-state index in [1.807, 2.05) is 0 Å². The van der Waals surface area contributed by atoms with E-state index in [0.717, 1.165) is 24.3 Å². The minimum absolute atomic E-state index is 0.169. The predicted molar refractivity (Wildman–Crippen MR) is 111 cm³/mol. The van der Waals surface area contributed by atoms with Crippen molar-refractivity contribution >= 4 is 47.8 Å². The highest BCUT2D eigenvalue weighted by atomic mass is 79.9. The first-order valence-corrected chi connectivity index (χ1v) is 10.4. The normalized spacial score (nSPS) is 13.6. The van der Waals surface area contributed by atoms with Crippen LogP contribution in [0.5, 0.6) is 11.5 Å². The lowest BCUT2D eigenvalue weighted by molar-refractivity contribution is -0.219. The molecule has 0 spiro atoms. The molecule has 28 heavy (non-hydrogen) atoms. The van der Waals surface area contributed by atoms with Crippen LogP contribution in [-0.2, 0) is 5.67 Å². The van der Waals surface area contributed by atoms with Gasteiger partial charge in [-0.25, -0.2) is 4.39 Å². The Morgan fingerprint density at radius 3 is 2.07 bits per heavy atom. The molecule has 2 rings (SSSR count). The number of ether oxygens (including phenoxy) is 2. The van der Waals surface area contributed by atoms with Crippen LogP contribution in [0.2, 0.25) is 0 Å². The Bertz CT molecular complexity index is 834. The molecule has 9 heteroatoms. The van der Waals surface area contributed by atoms with Crippen LogP contribution in [0.4, 0.5) is 17.6 Å². The summed E-state index contributed by atoms with van der Waals surface area (Å²) in [5.41, 5.74) is -4.77. The maximum atomic E-state index is 15.5. The van der Waals surface area contributed by atoms with Gasteiger partial charge in [0.1, 0.15) is 18.1 Å². The molecule has 2 aromatic rings. The van der Waals surface area contributed by atoms with E-state index >= 15 is 4.39 Å². The van der Waals surface area contributed by atoms with E-state index in [-0.39, 0.29) is 16.8 Å². The lowest BCUT2D eigenvalue weighted by Gasteiger charge is -2.29. The Morgan fingerprint density at radius 1 is 0.964 bits per heavy atom. The molecule has 0 bridgehead atoms. The molecule has 1 unspecified atom stereocenters. The van der Waals surface area contributed by atoms with E-state index in [2.05, 4.69) is 47.8 Å². The number of rotatable bonds is 7. The molecule has 0 aromatic heterocycles. The molecular weight excluding hydrogens is 576 g/mol. The molecule has 0 amide bonds. The van der Waals surface area contributed by atoms with Crippen molar-refractivity contribution in [1.82, 2.24) is 0 Å². The molecule has 2 aromatic carbocycles. The maximum absolute atomic E-state index is 15.5. The topological polar surface area (TPSA) is 18.5 Å². The molecule has 0 heterocycles.